The highest BCUT2D eigenvalue weighted by Gasteiger charge is 2.11. The number of nitrogens with zero attached hydrogens (tertiary/aromatic N) is 4. The van der Waals surface area contributed by atoms with E-state index in [4.69, 9.17) is 9.26 Å². The molecule has 4 aromatic rings. The molecule has 0 aliphatic carbocycles. The van der Waals surface area contributed by atoms with Gasteiger partial charge in [0.15, 0.2) is 5.69 Å². The van der Waals surface area contributed by atoms with E-state index in [2.05, 4.69) is 20.4 Å². The van der Waals surface area contributed by atoms with Crippen LogP contribution in [0.4, 0.5) is 5.69 Å². The number of rotatable bonds is 5. The molecule has 0 saturated heterocycles. The summed E-state index contributed by atoms with van der Waals surface area (Å²) in [7, 11) is 0. The van der Waals surface area contributed by atoms with Gasteiger partial charge in [0.2, 0.25) is 5.88 Å². The summed E-state index contributed by atoms with van der Waals surface area (Å²) in [4.78, 5) is 20.8. The summed E-state index contributed by atoms with van der Waals surface area (Å²) in [6, 6.07) is 14.1. The van der Waals surface area contributed by atoms with Crippen molar-refractivity contribution < 1.29 is 14.1 Å². The predicted octanol–water partition coefficient (Wildman–Crippen LogP) is 3.92. The summed E-state index contributed by atoms with van der Waals surface area (Å²) in [5.74, 6) is 2.59. The number of nitrogens with one attached hydrogen (secondary N) is 1. The Balaban J connectivity index is 1.47. The van der Waals surface area contributed by atoms with Crippen molar-refractivity contribution in [2.75, 3.05) is 5.32 Å². The van der Waals surface area contributed by atoms with Crippen molar-refractivity contribution >= 4 is 11.6 Å². The lowest BCUT2D eigenvalue weighted by Crippen LogP contribution is -2.12. The Morgan fingerprint density at radius 1 is 1.07 bits per heavy atom. The molecule has 8 nitrogen and oxygen atoms in total. The van der Waals surface area contributed by atoms with E-state index in [0.717, 1.165) is 5.82 Å². The minimum absolute atomic E-state index is 0.229. The van der Waals surface area contributed by atoms with Crippen LogP contribution in [0.5, 0.6) is 11.6 Å². The largest absolute Gasteiger partial charge is 0.439 e. The van der Waals surface area contributed by atoms with Crippen LogP contribution >= 0.6 is 0 Å². The van der Waals surface area contributed by atoms with Crippen LogP contribution in [0.25, 0.3) is 5.82 Å². The first-order valence-corrected chi connectivity index (χ1v) is 8.58. The fourth-order valence-electron chi connectivity index (χ4n) is 2.59. The number of ether oxygens (including phenoxy) is 1. The molecular formula is C20H17N5O3. The minimum atomic E-state index is -0.340. The zero-order valence-electron chi connectivity index (χ0n) is 15.3. The van der Waals surface area contributed by atoms with E-state index in [1.54, 1.807) is 43.3 Å². The highest BCUT2D eigenvalue weighted by atomic mass is 16.5. The number of carbonyl (C=O) groups excluding carboxylic acids is 1. The van der Waals surface area contributed by atoms with Gasteiger partial charge >= 0.3 is 0 Å². The highest BCUT2D eigenvalue weighted by Crippen LogP contribution is 2.23. The predicted molar refractivity (Wildman–Crippen MR) is 102 cm³/mol. The Hall–Kier alpha value is -3.94. The van der Waals surface area contributed by atoms with E-state index in [9.17, 15) is 4.79 Å². The quantitative estimate of drug-likeness (QED) is 0.568. The van der Waals surface area contributed by atoms with E-state index < -0.39 is 0 Å². The molecule has 0 spiro atoms. The van der Waals surface area contributed by atoms with E-state index in [1.165, 1.54) is 0 Å². The molecule has 28 heavy (non-hydrogen) atoms. The summed E-state index contributed by atoms with van der Waals surface area (Å²) in [5.41, 5.74) is 0.844. The zero-order chi connectivity index (χ0) is 19.5. The van der Waals surface area contributed by atoms with E-state index in [0.29, 0.717) is 28.9 Å². The number of carbonyl (C=O) groups is 1. The third-order valence-electron chi connectivity index (χ3n) is 3.87. The van der Waals surface area contributed by atoms with E-state index in [1.807, 2.05) is 36.0 Å². The van der Waals surface area contributed by atoms with E-state index >= 15 is 0 Å². The summed E-state index contributed by atoms with van der Waals surface area (Å²) < 4.78 is 12.6. The standard InChI is InChI=1S/C20H17N5O3/c1-13-11-17(24-28-13)20(26)23-15-5-7-16(8-6-15)27-19-12-18(21-14(2)22-19)25-9-3-4-10-25/h3-12H,1-2H3,(H,23,26). The average molecular weight is 375 g/mol. The fourth-order valence-corrected chi connectivity index (χ4v) is 2.59. The lowest BCUT2D eigenvalue weighted by Gasteiger charge is -2.09. The van der Waals surface area contributed by atoms with Crippen LogP contribution < -0.4 is 10.1 Å². The molecule has 1 amide bonds. The number of benzene rings is 1. The maximum absolute atomic E-state index is 12.1. The molecule has 0 radical (unpaired) electrons. The van der Waals surface area contributed by atoms with Crippen molar-refractivity contribution in [2.45, 2.75) is 13.8 Å². The third kappa shape index (κ3) is 3.90. The van der Waals surface area contributed by atoms with Crippen molar-refractivity contribution in [3.8, 4) is 17.4 Å². The van der Waals surface area contributed by atoms with Gasteiger partial charge in [-0.05, 0) is 50.2 Å². The van der Waals surface area contributed by atoms with Crippen LogP contribution in [0.3, 0.4) is 0 Å². The fraction of sp³-hybridized carbons (Fsp3) is 0.100. The number of hydrogen-bond acceptors (Lipinski definition) is 6. The minimum Gasteiger partial charge on any atom is -0.439 e. The number of aromatic nitrogens is 4. The number of amides is 1. The van der Waals surface area contributed by atoms with Crippen LogP contribution in [-0.2, 0) is 0 Å². The van der Waals surface area contributed by atoms with Gasteiger partial charge in [-0.1, -0.05) is 5.16 Å². The van der Waals surface area contributed by atoms with Crippen molar-refractivity contribution in [2.24, 2.45) is 0 Å². The summed E-state index contributed by atoms with van der Waals surface area (Å²) >= 11 is 0. The van der Waals surface area contributed by atoms with Gasteiger partial charge in [-0.3, -0.25) is 4.79 Å². The molecule has 140 valence electrons. The Morgan fingerprint density at radius 3 is 2.50 bits per heavy atom. The van der Waals surface area contributed by atoms with Crippen molar-refractivity contribution in [1.29, 1.82) is 0 Å². The second-order valence-electron chi connectivity index (χ2n) is 6.11. The Kier molecular flexibility index (Phi) is 4.59. The second-order valence-corrected chi connectivity index (χ2v) is 6.11. The maximum atomic E-state index is 12.1. The monoisotopic (exact) mass is 375 g/mol. The molecule has 0 bridgehead atoms. The van der Waals surface area contributed by atoms with Gasteiger partial charge in [0.05, 0.1) is 0 Å². The Bertz CT molecular complexity index is 1100. The zero-order valence-corrected chi connectivity index (χ0v) is 15.3. The molecule has 0 unspecified atom stereocenters. The Labute approximate surface area is 160 Å². The summed E-state index contributed by atoms with van der Waals surface area (Å²) in [5, 5.41) is 6.45. The van der Waals surface area contributed by atoms with Gasteiger partial charge in [0.1, 0.15) is 23.2 Å². The molecule has 0 saturated carbocycles. The summed E-state index contributed by atoms with van der Waals surface area (Å²) in [6.07, 6.45) is 3.80. The Morgan fingerprint density at radius 2 is 1.82 bits per heavy atom. The molecule has 4 rings (SSSR count). The lowest BCUT2D eigenvalue weighted by molar-refractivity contribution is 0.101. The first kappa shape index (κ1) is 17.5. The first-order valence-electron chi connectivity index (χ1n) is 8.58. The van der Waals surface area contributed by atoms with Gasteiger partial charge in [-0.2, -0.15) is 4.98 Å². The molecule has 0 aliphatic heterocycles. The molecule has 8 heteroatoms. The van der Waals surface area contributed by atoms with Crippen LogP contribution in [0.15, 0.2) is 65.4 Å². The van der Waals surface area contributed by atoms with Gasteiger partial charge in [0, 0.05) is 30.2 Å². The second kappa shape index (κ2) is 7.36. The van der Waals surface area contributed by atoms with Crippen molar-refractivity contribution in [3.63, 3.8) is 0 Å². The van der Waals surface area contributed by atoms with Crippen molar-refractivity contribution in [1.82, 2.24) is 19.7 Å². The van der Waals surface area contributed by atoms with E-state index in [-0.39, 0.29) is 11.6 Å². The first-order chi connectivity index (χ1) is 13.6. The van der Waals surface area contributed by atoms with Crippen LogP contribution in [-0.4, -0.2) is 25.6 Å². The van der Waals surface area contributed by atoms with Crippen LogP contribution in [0.2, 0.25) is 0 Å². The van der Waals surface area contributed by atoms with Gasteiger partial charge < -0.3 is 19.1 Å². The van der Waals surface area contributed by atoms with Crippen LogP contribution in [0, 0.1) is 13.8 Å². The van der Waals surface area contributed by atoms with Crippen molar-refractivity contribution in [3.05, 3.63) is 78.2 Å². The third-order valence-corrected chi connectivity index (χ3v) is 3.87. The molecular weight excluding hydrogens is 358 g/mol. The topological polar surface area (TPSA) is 95.1 Å². The van der Waals surface area contributed by atoms with Gasteiger partial charge in [-0.15, -0.1) is 0 Å². The molecule has 1 N–H and O–H groups in total. The average Bonchev–Trinajstić information content (AvgIpc) is 3.35. The molecule has 0 aliphatic rings. The molecule has 0 fully saturated rings. The number of anilines is 1. The summed E-state index contributed by atoms with van der Waals surface area (Å²) in [6.45, 7) is 3.54. The van der Waals surface area contributed by atoms with Gasteiger partial charge in [0.25, 0.3) is 5.91 Å². The molecule has 1 aromatic carbocycles. The molecule has 0 atom stereocenters. The smallest absolute Gasteiger partial charge is 0.277 e. The number of aryl methyl sites for hydroxylation is 2. The molecule has 3 heterocycles. The van der Waals surface area contributed by atoms with Crippen LogP contribution in [0.1, 0.15) is 22.1 Å². The SMILES string of the molecule is Cc1nc(Oc2ccc(NC(=O)c3cc(C)on3)cc2)cc(-n2cccc2)n1. The molecule has 3 aromatic heterocycles. The lowest BCUT2D eigenvalue weighted by atomic mass is 10.3. The maximum Gasteiger partial charge on any atom is 0.277 e. The highest BCUT2D eigenvalue weighted by molar-refractivity contribution is 6.02. The van der Waals surface area contributed by atoms with Gasteiger partial charge in [-0.25, -0.2) is 4.98 Å². The number of hydrogen-bond donors (Lipinski definition) is 1. The normalized spacial score (nSPS) is 10.6.